The summed E-state index contributed by atoms with van der Waals surface area (Å²) in [5, 5.41) is 10.2. The van der Waals surface area contributed by atoms with Crippen molar-refractivity contribution in [3.05, 3.63) is 35.9 Å². The predicted octanol–water partition coefficient (Wildman–Crippen LogP) is 1.49. The molecule has 1 heterocycles. The molecule has 4 heteroatoms. The van der Waals surface area contributed by atoms with E-state index in [2.05, 4.69) is 17.0 Å². The molecule has 1 aromatic carbocycles. The zero-order chi connectivity index (χ0) is 14.7. The van der Waals surface area contributed by atoms with E-state index in [1.54, 1.807) is 0 Å². The van der Waals surface area contributed by atoms with Crippen LogP contribution in [0.15, 0.2) is 30.3 Å². The molecule has 1 aromatic rings. The molecule has 4 nitrogen and oxygen atoms in total. The van der Waals surface area contributed by atoms with E-state index in [0.717, 1.165) is 32.5 Å². The van der Waals surface area contributed by atoms with Crippen molar-refractivity contribution >= 4 is 5.91 Å². The number of hydrogen-bond acceptors (Lipinski definition) is 3. The third kappa shape index (κ3) is 3.63. The normalized spacial score (nSPS) is 24.4. The summed E-state index contributed by atoms with van der Waals surface area (Å²) >= 11 is 0. The number of carbonyl (C=O) groups is 1. The second-order valence-corrected chi connectivity index (χ2v) is 6.29. The fourth-order valence-electron chi connectivity index (χ4n) is 3.15. The van der Waals surface area contributed by atoms with E-state index in [0.29, 0.717) is 13.1 Å². The molecule has 0 bridgehead atoms. The molecule has 0 aromatic heterocycles. The Balaban J connectivity index is 1.58. The van der Waals surface area contributed by atoms with Crippen molar-refractivity contribution in [3.8, 4) is 0 Å². The third-order valence-electron chi connectivity index (χ3n) is 4.60. The summed E-state index contributed by atoms with van der Waals surface area (Å²) in [6.45, 7) is 3.54. The molecular formula is C17H24N2O2. The van der Waals surface area contributed by atoms with Gasteiger partial charge < -0.3 is 10.0 Å². The molecule has 1 N–H and O–H groups in total. The van der Waals surface area contributed by atoms with Gasteiger partial charge >= 0.3 is 0 Å². The van der Waals surface area contributed by atoms with Crippen LogP contribution in [0, 0.1) is 5.92 Å². The molecule has 0 spiro atoms. The van der Waals surface area contributed by atoms with E-state index in [1.807, 2.05) is 23.1 Å². The minimum Gasteiger partial charge on any atom is -0.390 e. The average Bonchev–Trinajstić information content (AvgIpc) is 2.59. The minimum atomic E-state index is -0.444. The first kappa shape index (κ1) is 14.5. The molecular weight excluding hydrogens is 264 g/mol. The highest BCUT2D eigenvalue weighted by molar-refractivity contribution is 5.79. The van der Waals surface area contributed by atoms with Gasteiger partial charge in [0.1, 0.15) is 0 Å². The first-order valence-electron chi connectivity index (χ1n) is 7.95. The van der Waals surface area contributed by atoms with Crippen molar-refractivity contribution in [3.63, 3.8) is 0 Å². The molecule has 1 atom stereocenters. The van der Waals surface area contributed by atoms with Crippen molar-refractivity contribution in [2.75, 3.05) is 26.2 Å². The Morgan fingerprint density at radius 2 is 1.90 bits per heavy atom. The van der Waals surface area contributed by atoms with Crippen LogP contribution in [0.4, 0.5) is 0 Å². The molecule has 0 radical (unpaired) electrons. The lowest BCUT2D eigenvalue weighted by atomic mass is 9.84. The fourth-order valence-corrected chi connectivity index (χ4v) is 3.15. The van der Waals surface area contributed by atoms with Gasteiger partial charge in [-0.1, -0.05) is 36.8 Å². The van der Waals surface area contributed by atoms with Crippen molar-refractivity contribution < 1.29 is 9.90 Å². The molecule has 3 rings (SSSR count). The molecule has 2 aliphatic rings. The molecule has 1 saturated carbocycles. The zero-order valence-electron chi connectivity index (χ0n) is 12.4. The van der Waals surface area contributed by atoms with Crippen LogP contribution in [0.5, 0.6) is 0 Å². The van der Waals surface area contributed by atoms with Crippen LogP contribution in [0.2, 0.25) is 0 Å². The van der Waals surface area contributed by atoms with Gasteiger partial charge in [-0.2, -0.15) is 0 Å². The number of aliphatic hydroxyl groups excluding tert-OH is 1. The highest BCUT2D eigenvalue weighted by Gasteiger charge is 2.32. The van der Waals surface area contributed by atoms with Crippen molar-refractivity contribution in [2.45, 2.75) is 31.9 Å². The molecule has 1 amide bonds. The number of β-amino-alcohol motifs (C(OH)–C–C–N with tert-alkyl or cyclic N) is 1. The maximum atomic E-state index is 12.3. The Morgan fingerprint density at radius 3 is 2.57 bits per heavy atom. The first-order valence-corrected chi connectivity index (χ1v) is 7.95. The molecule has 1 unspecified atom stereocenters. The summed E-state index contributed by atoms with van der Waals surface area (Å²) in [4.78, 5) is 16.5. The van der Waals surface area contributed by atoms with Gasteiger partial charge in [0, 0.05) is 38.6 Å². The topological polar surface area (TPSA) is 43.8 Å². The Morgan fingerprint density at radius 1 is 1.14 bits per heavy atom. The second-order valence-electron chi connectivity index (χ2n) is 6.29. The van der Waals surface area contributed by atoms with Crippen LogP contribution in [0.25, 0.3) is 0 Å². The van der Waals surface area contributed by atoms with Crippen LogP contribution in [0.3, 0.4) is 0 Å². The monoisotopic (exact) mass is 288 g/mol. The second kappa shape index (κ2) is 6.58. The van der Waals surface area contributed by atoms with Gasteiger partial charge in [-0.05, 0) is 18.4 Å². The van der Waals surface area contributed by atoms with Crippen LogP contribution in [-0.4, -0.2) is 53.1 Å². The van der Waals surface area contributed by atoms with E-state index in [1.165, 1.54) is 12.0 Å². The number of carbonyl (C=O) groups excluding carboxylic acids is 1. The number of amides is 1. The zero-order valence-corrected chi connectivity index (χ0v) is 12.4. The van der Waals surface area contributed by atoms with Crippen LogP contribution in [-0.2, 0) is 11.3 Å². The maximum absolute atomic E-state index is 12.3. The van der Waals surface area contributed by atoms with Crippen molar-refractivity contribution in [1.29, 1.82) is 0 Å². The van der Waals surface area contributed by atoms with Gasteiger partial charge in [0.05, 0.1) is 6.10 Å². The van der Waals surface area contributed by atoms with Gasteiger partial charge in [-0.3, -0.25) is 9.69 Å². The summed E-state index contributed by atoms with van der Waals surface area (Å²) in [5.41, 5.74) is 1.25. The largest absolute Gasteiger partial charge is 0.390 e. The molecule has 1 aliphatic heterocycles. The van der Waals surface area contributed by atoms with E-state index >= 15 is 0 Å². The Bertz CT molecular complexity index is 473. The number of hydrogen-bond donors (Lipinski definition) is 1. The number of nitrogens with zero attached hydrogens (tertiary/aromatic N) is 2. The Kier molecular flexibility index (Phi) is 4.56. The van der Waals surface area contributed by atoms with Gasteiger partial charge in [-0.25, -0.2) is 0 Å². The number of benzene rings is 1. The van der Waals surface area contributed by atoms with Crippen LogP contribution < -0.4 is 0 Å². The van der Waals surface area contributed by atoms with Gasteiger partial charge in [0.25, 0.3) is 0 Å². The number of rotatable bonds is 3. The summed E-state index contributed by atoms with van der Waals surface area (Å²) in [6.07, 6.45) is 2.78. The summed E-state index contributed by atoms with van der Waals surface area (Å²) in [5.74, 6) is 0.472. The lowest BCUT2D eigenvalue weighted by molar-refractivity contribution is -0.139. The van der Waals surface area contributed by atoms with E-state index < -0.39 is 6.10 Å². The molecule has 1 saturated heterocycles. The quantitative estimate of drug-likeness (QED) is 0.916. The highest BCUT2D eigenvalue weighted by atomic mass is 16.3. The van der Waals surface area contributed by atoms with E-state index in [-0.39, 0.29) is 11.8 Å². The smallest absolute Gasteiger partial charge is 0.225 e. The lowest BCUT2D eigenvalue weighted by Gasteiger charge is -2.31. The van der Waals surface area contributed by atoms with Gasteiger partial charge in [0.15, 0.2) is 0 Å². The third-order valence-corrected chi connectivity index (χ3v) is 4.60. The van der Waals surface area contributed by atoms with Gasteiger partial charge in [-0.15, -0.1) is 0 Å². The predicted molar refractivity (Wildman–Crippen MR) is 81.6 cm³/mol. The summed E-state index contributed by atoms with van der Waals surface area (Å²) in [7, 11) is 0. The summed E-state index contributed by atoms with van der Waals surface area (Å²) < 4.78 is 0. The molecule has 21 heavy (non-hydrogen) atoms. The molecule has 114 valence electrons. The summed E-state index contributed by atoms with van der Waals surface area (Å²) in [6, 6.07) is 10.3. The Hall–Kier alpha value is -1.39. The maximum Gasteiger partial charge on any atom is 0.225 e. The first-order chi connectivity index (χ1) is 10.2. The SMILES string of the molecule is O=C(C1CCC1)N1CCN(Cc2ccccc2)CC(O)C1. The number of aliphatic hydroxyl groups is 1. The van der Waals surface area contributed by atoms with Gasteiger partial charge in [0.2, 0.25) is 5.91 Å². The lowest BCUT2D eigenvalue weighted by Crippen LogP contribution is -2.43. The average molecular weight is 288 g/mol. The molecule has 2 fully saturated rings. The van der Waals surface area contributed by atoms with E-state index in [9.17, 15) is 9.90 Å². The van der Waals surface area contributed by atoms with Crippen molar-refractivity contribution in [1.82, 2.24) is 9.80 Å². The molecule has 1 aliphatic carbocycles. The van der Waals surface area contributed by atoms with Crippen molar-refractivity contribution in [2.24, 2.45) is 5.92 Å². The van der Waals surface area contributed by atoms with E-state index in [4.69, 9.17) is 0 Å². The minimum absolute atomic E-state index is 0.220. The highest BCUT2D eigenvalue weighted by Crippen LogP contribution is 2.28. The Labute approximate surface area is 126 Å². The van der Waals surface area contributed by atoms with Crippen LogP contribution >= 0.6 is 0 Å². The van der Waals surface area contributed by atoms with Crippen LogP contribution in [0.1, 0.15) is 24.8 Å². The standard InChI is InChI=1S/C17H24N2O2/c20-16-12-18(11-14-5-2-1-3-6-14)9-10-19(13-16)17(21)15-7-4-8-15/h1-3,5-6,15-16,20H,4,7-13H2. The fraction of sp³-hybridized carbons (Fsp3) is 0.588.